The van der Waals surface area contributed by atoms with Gasteiger partial charge in [0.15, 0.2) is 0 Å². The van der Waals surface area contributed by atoms with Gasteiger partial charge in [0.25, 0.3) is 0 Å². The van der Waals surface area contributed by atoms with E-state index in [-0.39, 0.29) is 18.9 Å². The predicted octanol–water partition coefficient (Wildman–Crippen LogP) is 6.64. The van der Waals surface area contributed by atoms with Gasteiger partial charge in [0.05, 0.1) is 0 Å². The molecule has 3 aromatic rings. The fourth-order valence-corrected chi connectivity index (χ4v) is 1.89. The molecule has 0 amide bonds. The first-order chi connectivity index (χ1) is 11.6. The van der Waals surface area contributed by atoms with Gasteiger partial charge in [-0.25, -0.2) is 0 Å². The molecule has 3 heteroatoms. The van der Waals surface area contributed by atoms with Gasteiger partial charge in [-0.3, -0.25) is 0 Å². The Hall–Kier alpha value is -2.68. The number of benzene rings is 3. The quantitative estimate of drug-likeness (QED) is 0.401. The lowest BCUT2D eigenvalue weighted by Crippen LogP contribution is -1.77. The van der Waals surface area contributed by atoms with Gasteiger partial charge in [-0.1, -0.05) is 65.5 Å². The van der Waals surface area contributed by atoms with E-state index >= 15 is 0 Å². The van der Waals surface area contributed by atoms with Gasteiger partial charge in [0.1, 0.15) is 17.2 Å². The van der Waals surface area contributed by atoms with Crippen LogP contribution < -0.4 is 0 Å². The maximum Gasteiger partial charge on any atom is 0.123 e. The normalized spacial score (nSPS) is 8.36. The number of fused-ring (bicyclic) bond motifs is 1. The van der Waals surface area contributed by atoms with Gasteiger partial charge >= 0.3 is 0 Å². The summed E-state index contributed by atoms with van der Waals surface area (Å²) < 4.78 is 0. The summed E-state index contributed by atoms with van der Waals surface area (Å²) in [6, 6.07) is 17.2. The number of phenolic OH excluding ortho intramolecular Hbond substituents is 3. The molecular formula is C22H32O3. The molecule has 138 valence electrons. The topological polar surface area (TPSA) is 60.7 Å². The summed E-state index contributed by atoms with van der Waals surface area (Å²) in [7, 11) is 0. The molecule has 3 rings (SSSR count). The Labute approximate surface area is 152 Å². The van der Waals surface area contributed by atoms with Crippen LogP contribution in [0, 0.1) is 6.92 Å². The summed E-state index contributed by atoms with van der Waals surface area (Å²) in [5, 5.41) is 28.8. The highest BCUT2D eigenvalue weighted by Gasteiger charge is 1.99. The highest BCUT2D eigenvalue weighted by molar-refractivity contribution is 5.90. The molecule has 0 fully saturated rings. The van der Waals surface area contributed by atoms with Crippen molar-refractivity contribution in [2.45, 2.75) is 42.0 Å². The Balaban J connectivity index is 0. The number of aryl methyl sites for hydroxylation is 1. The second-order valence-electron chi connectivity index (χ2n) is 4.46. The van der Waals surface area contributed by atoms with E-state index in [9.17, 15) is 5.11 Å². The van der Waals surface area contributed by atoms with E-state index in [1.54, 1.807) is 6.07 Å². The average Bonchev–Trinajstić information content (AvgIpc) is 2.65. The maximum absolute atomic E-state index is 9.50. The van der Waals surface area contributed by atoms with Crippen LogP contribution in [0.25, 0.3) is 10.8 Å². The minimum atomic E-state index is 0. The zero-order chi connectivity index (χ0) is 18.5. The lowest BCUT2D eigenvalue weighted by Gasteiger charge is -2.02. The highest BCUT2D eigenvalue weighted by atomic mass is 16.3. The number of hydrogen-bond donors (Lipinski definition) is 3. The van der Waals surface area contributed by atoms with Crippen LogP contribution >= 0.6 is 0 Å². The molecule has 0 aliphatic carbocycles. The summed E-state index contributed by atoms with van der Waals surface area (Å²) in [4.78, 5) is 0. The van der Waals surface area contributed by atoms with E-state index < -0.39 is 0 Å². The fourth-order valence-electron chi connectivity index (χ4n) is 1.89. The third-order valence-corrected chi connectivity index (χ3v) is 2.97. The molecule has 0 bridgehead atoms. The lowest BCUT2D eigenvalue weighted by molar-refractivity contribution is 0.460. The van der Waals surface area contributed by atoms with E-state index in [0.717, 1.165) is 10.8 Å². The van der Waals surface area contributed by atoms with Gasteiger partial charge in [-0.2, -0.15) is 0 Å². The molecule has 0 radical (unpaired) electrons. The smallest absolute Gasteiger partial charge is 0.123 e. The monoisotopic (exact) mass is 344 g/mol. The van der Waals surface area contributed by atoms with Crippen LogP contribution in [0.4, 0.5) is 0 Å². The van der Waals surface area contributed by atoms with Crippen molar-refractivity contribution in [3.05, 3.63) is 66.2 Å². The van der Waals surface area contributed by atoms with Crippen LogP contribution in [-0.2, 0) is 0 Å². The molecule has 0 saturated heterocycles. The van der Waals surface area contributed by atoms with Crippen molar-refractivity contribution in [1.29, 1.82) is 0 Å². The minimum absolute atomic E-state index is 0. The molecule has 3 nitrogen and oxygen atoms in total. The summed E-state index contributed by atoms with van der Waals surface area (Å²) in [5.41, 5.74) is 1.20. The molecule has 0 aliphatic heterocycles. The summed E-state index contributed by atoms with van der Waals surface area (Å²) in [5.74, 6) is 0.696. The fraction of sp³-hybridized carbons (Fsp3) is 0.273. The van der Waals surface area contributed by atoms with E-state index in [4.69, 9.17) is 10.2 Å². The van der Waals surface area contributed by atoms with E-state index in [0.29, 0.717) is 5.75 Å². The molecule has 0 spiro atoms. The second kappa shape index (κ2) is 13.7. The van der Waals surface area contributed by atoms with E-state index in [1.807, 2.05) is 65.0 Å². The van der Waals surface area contributed by atoms with Crippen LogP contribution in [-0.4, -0.2) is 15.3 Å². The van der Waals surface area contributed by atoms with Crippen molar-refractivity contribution < 1.29 is 15.3 Å². The molecule has 0 atom stereocenters. The van der Waals surface area contributed by atoms with Crippen LogP contribution in [0.5, 0.6) is 17.2 Å². The molecule has 25 heavy (non-hydrogen) atoms. The highest BCUT2D eigenvalue weighted by Crippen LogP contribution is 2.26. The van der Waals surface area contributed by atoms with Crippen molar-refractivity contribution in [1.82, 2.24) is 0 Å². The Kier molecular flexibility index (Phi) is 13.5. The first-order valence-corrected chi connectivity index (χ1v) is 8.23. The SMILES string of the molecule is C.CC.CC.Cc1ccc(O)c2ccccc12.Oc1ccc(O)cc1. The maximum atomic E-state index is 9.50. The van der Waals surface area contributed by atoms with Gasteiger partial charge in [0, 0.05) is 5.39 Å². The molecule has 3 aromatic carbocycles. The minimum Gasteiger partial charge on any atom is -0.508 e. The van der Waals surface area contributed by atoms with Crippen molar-refractivity contribution in [2.24, 2.45) is 0 Å². The summed E-state index contributed by atoms with van der Waals surface area (Å²) >= 11 is 0. The standard InChI is InChI=1S/C11H10O.C6H6O2.2C2H6.CH4/c1-8-6-7-11(12)10-5-3-2-4-9(8)10;7-5-1-2-6(8)4-3-5;2*1-2;/h2-7,12H,1H3;1-4,7-8H;2*1-2H3;1H4. The van der Waals surface area contributed by atoms with Crippen molar-refractivity contribution >= 4 is 10.8 Å². The van der Waals surface area contributed by atoms with Crippen molar-refractivity contribution in [3.63, 3.8) is 0 Å². The van der Waals surface area contributed by atoms with Crippen LogP contribution in [0.2, 0.25) is 0 Å². The predicted molar refractivity (Wildman–Crippen MR) is 110 cm³/mol. The average molecular weight is 344 g/mol. The number of rotatable bonds is 0. The van der Waals surface area contributed by atoms with Gasteiger partial charge in [-0.15, -0.1) is 0 Å². The molecule has 3 N–H and O–H groups in total. The first kappa shape index (κ1) is 24.6. The molecule has 0 heterocycles. The zero-order valence-electron chi connectivity index (χ0n) is 15.1. The molecule has 0 aromatic heterocycles. The Morgan fingerprint density at radius 3 is 1.36 bits per heavy atom. The van der Waals surface area contributed by atoms with Crippen LogP contribution in [0.1, 0.15) is 40.7 Å². The molecule has 0 aliphatic rings. The van der Waals surface area contributed by atoms with Crippen LogP contribution in [0.3, 0.4) is 0 Å². The Morgan fingerprint density at radius 1 is 0.560 bits per heavy atom. The van der Waals surface area contributed by atoms with Gasteiger partial charge in [0.2, 0.25) is 0 Å². The summed E-state index contributed by atoms with van der Waals surface area (Å²) in [6.07, 6.45) is 0. The van der Waals surface area contributed by atoms with E-state index in [1.165, 1.54) is 29.8 Å². The number of hydrogen-bond acceptors (Lipinski definition) is 3. The van der Waals surface area contributed by atoms with E-state index in [2.05, 4.69) is 0 Å². The van der Waals surface area contributed by atoms with Crippen molar-refractivity contribution in [3.8, 4) is 17.2 Å². The number of aromatic hydroxyl groups is 3. The largest absolute Gasteiger partial charge is 0.508 e. The van der Waals surface area contributed by atoms with Crippen LogP contribution in [0.15, 0.2) is 60.7 Å². The molecule has 0 unspecified atom stereocenters. The zero-order valence-corrected chi connectivity index (χ0v) is 15.1. The second-order valence-corrected chi connectivity index (χ2v) is 4.46. The van der Waals surface area contributed by atoms with Gasteiger partial charge < -0.3 is 15.3 Å². The summed E-state index contributed by atoms with van der Waals surface area (Å²) in [6.45, 7) is 10.0. The van der Waals surface area contributed by atoms with Gasteiger partial charge in [-0.05, 0) is 48.2 Å². The number of phenols is 3. The Bertz CT molecular complexity index is 643. The Morgan fingerprint density at radius 2 is 0.960 bits per heavy atom. The van der Waals surface area contributed by atoms with Crippen molar-refractivity contribution in [2.75, 3.05) is 0 Å². The molecular weight excluding hydrogens is 312 g/mol. The third-order valence-electron chi connectivity index (χ3n) is 2.97. The first-order valence-electron chi connectivity index (χ1n) is 8.23. The molecule has 0 saturated carbocycles. The lowest BCUT2D eigenvalue weighted by atomic mass is 10.1. The third kappa shape index (κ3) is 8.11.